The van der Waals surface area contributed by atoms with Gasteiger partial charge < -0.3 is 9.47 Å². The van der Waals surface area contributed by atoms with E-state index in [0.29, 0.717) is 5.75 Å². The molecule has 3 nitrogen and oxygen atoms in total. The molecule has 0 aromatic heterocycles. The highest BCUT2D eigenvalue weighted by molar-refractivity contribution is 6.06. The summed E-state index contributed by atoms with van der Waals surface area (Å²) in [6, 6.07) is 15.7. The summed E-state index contributed by atoms with van der Waals surface area (Å²) in [5, 5.41) is 3.85. The molecule has 0 aliphatic heterocycles. The summed E-state index contributed by atoms with van der Waals surface area (Å²) >= 11 is 0. The molecule has 0 aliphatic rings. The molecule has 0 fully saturated rings. The van der Waals surface area contributed by atoms with E-state index >= 15 is 0 Å². The van der Waals surface area contributed by atoms with Crippen molar-refractivity contribution < 1.29 is 14.3 Å². The van der Waals surface area contributed by atoms with Gasteiger partial charge in [-0.2, -0.15) is 0 Å². The lowest BCUT2D eigenvalue weighted by Crippen LogP contribution is -2.02. The zero-order valence-electron chi connectivity index (χ0n) is 11.3. The summed E-state index contributed by atoms with van der Waals surface area (Å²) in [5.41, 5.74) is 0. The standard InChI is InChI=1S/C17H14O3/c1-11(18)20-17-15-6-4-3-5-12(15)9-13-7-8-14(19-2)10-16(13)17/h3-10H,1-2H3. The van der Waals surface area contributed by atoms with Gasteiger partial charge in [-0.25, -0.2) is 0 Å². The van der Waals surface area contributed by atoms with Gasteiger partial charge in [-0.1, -0.05) is 30.3 Å². The number of benzene rings is 3. The molecule has 3 aromatic carbocycles. The Bertz CT molecular complexity index is 806. The predicted octanol–water partition coefficient (Wildman–Crippen LogP) is 3.93. The number of methoxy groups -OCH3 is 1. The van der Waals surface area contributed by atoms with Gasteiger partial charge in [-0.05, 0) is 29.0 Å². The largest absolute Gasteiger partial charge is 0.497 e. The number of rotatable bonds is 2. The van der Waals surface area contributed by atoms with Crippen molar-refractivity contribution in [3.8, 4) is 11.5 Å². The summed E-state index contributed by atoms with van der Waals surface area (Å²) in [5.74, 6) is 0.996. The van der Waals surface area contributed by atoms with Gasteiger partial charge in [0.05, 0.1) is 7.11 Å². The van der Waals surface area contributed by atoms with Gasteiger partial charge in [0.15, 0.2) is 0 Å². The molecule has 0 atom stereocenters. The lowest BCUT2D eigenvalue weighted by Gasteiger charge is -2.11. The Morgan fingerprint density at radius 2 is 1.70 bits per heavy atom. The van der Waals surface area contributed by atoms with E-state index in [0.717, 1.165) is 27.3 Å². The number of hydrogen-bond donors (Lipinski definition) is 0. The van der Waals surface area contributed by atoms with Gasteiger partial charge in [-0.3, -0.25) is 4.79 Å². The maximum absolute atomic E-state index is 11.4. The first-order valence-corrected chi connectivity index (χ1v) is 6.37. The monoisotopic (exact) mass is 266 g/mol. The number of hydrogen-bond acceptors (Lipinski definition) is 3. The van der Waals surface area contributed by atoms with Crippen LogP contribution in [-0.2, 0) is 4.79 Å². The molecule has 3 heteroatoms. The molecule has 0 radical (unpaired) electrons. The lowest BCUT2D eigenvalue weighted by molar-refractivity contribution is -0.131. The first-order valence-electron chi connectivity index (χ1n) is 6.37. The topological polar surface area (TPSA) is 35.5 Å². The smallest absolute Gasteiger partial charge is 0.308 e. The van der Waals surface area contributed by atoms with Crippen LogP contribution >= 0.6 is 0 Å². The summed E-state index contributed by atoms with van der Waals surface area (Å²) in [6.45, 7) is 1.41. The molecule has 0 unspecified atom stereocenters. The molecule has 0 bridgehead atoms. The number of esters is 1. The highest BCUT2D eigenvalue weighted by Gasteiger charge is 2.11. The van der Waals surface area contributed by atoms with E-state index in [1.165, 1.54) is 6.92 Å². The van der Waals surface area contributed by atoms with Crippen LogP contribution in [0.3, 0.4) is 0 Å². The van der Waals surface area contributed by atoms with Gasteiger partial charge in [0.25, 0.3) is 0 Å². The van der Waals surface area contributed by atoms with Crippen molar-refractivity contribution in [2.75, 3.05) is 7.11 Å². The predicted molar refractivity (Wildman–Crippen MR) is 79.3 cm³/mol. The van der Waals surface area contributed by atoms with Crippen molar-refractivity contribution in [3.63, 3.8) is 0 Å². The highest BCUT2D eigenvalue weighted by Crippen LogP contribution is 2.36. The Balaban J connectivity index is 2.41. The summed E-state index contributed by atoms with van der Waals surface area (Å²) in [6.07, 6.45) is 0. The second-order valence-electron chi connectivity index (χ2n) is 4.61. The average molecular weight is 266 g/mol. The lowest BCUT2D eigenvalue weighted by atomic mass is 10.0. The molecule has 20 heavy (non-hydrogen) atoms. The van der Waals surface area contributed by atoms with Crippen LogP contribution < -0.4 is 9.47 Å². The van der Waals surface area contributed by atoms with Gasteiger partial charge in [0.2, 0.25) is 0 Å². The van der Waals surface area contributed by atoms with Gasteiger partial charge in [-0.15, -0.1) is 0 Å². The fourth-order valence-electron chi connectivity index (χ4n) is 2.38. The zero-order valence-corrected chi connectivity index (χ0v) is 11.3. The van der Waals surface area contributed by atoms with Gasteiger partial charge >= 0.3 is 5.97 Å². The molecule has 0 amide bonds. The molecular weight excluding hydrogens is 252 g/mol. The second-order valence-corrected chi connectivity index (χ2v) is 4.61. The fraction of sp³-hybridized carbons (Fsp3) is 0.118. The molecule has 3 aromatic rings. The maximum Gasteiger partial charge on any atom is 0.308 e. The third-order valence-electron chi connectivity index (χ3n) is 3.27. The van der Waals surface area contributed by atoms with Crippen molar-refractivity contribution in [2.45, 2.75) is 6.92 Å². The van der Waals surface area contributed by atoms with E-state index in [1.54, 1.807) is 7.11 Å². The SMILES string of the molecule is COc1ccc2cc3ccccc3c(OC(C)=O)c2c1. The van der Waals surface area contributed by atoms with E-state index in [-0.39, 0.29) is 5.97 Å². The van der Waals surface area contributed by atoms with Crippen LogP contribution in [0.5, 0.6) is 11.5 Å². The molecule has 0 saturated carbocycles. The Kier molecular flexibility index (Phi) is 3.03. The van der Waals surface area contributed by atoms with Crippen LogP contribution in [0.1, 0.15) is 6.92 Å². The molecule has 0 spiro atoms. The third-order valence-corrected chi connectivity index (χ3v) is 3.27. The summed E-state index contributed by atoms with van der Waals surface area (Å²) in [4.78, 5) is 11.4. The normalized spacial score (nSPS) is 10.7. The van der Waals surface area contributed by atoms with E-state index in [9.17, 15) is 4.79 Å². The number of carbonyl (C=O) groups is 1. The number of carbonyl (C=O) groups excluding carboxylic acids is 1. The summed E-state index contributed by atoms with van der Waals surface area (Å²) in [7, 11) is 1.62. The zero-order chi connectivity index (χ0) is 14.1. The van der Waals surface area contributed by atoms with Crippen LogP contribution in [0.2, 0.25) is 0 Å². The Morgan fingerprint density at radius 3 is 2.45 bits per heavy atom. The molecule has 0 N–H and O–H groups in total. The number of ether oxygens (including phenoxy) is 2. The van der Waals surface area contributed by atoms with E-state index < -0.39 is 0 Å². The van der Waals surface area contributed by atoms with Gasteiger partial charge in [0.1, 0.15) is 11.5 Å². The Morgan fingerprint density at radius 1 is 0.950 bits per heavy atom. The molecular formula is C17H14O3. The minimum absolute atomic E-state index is 0.328. The van der Waals surface area contributed by atoms with Crippen LogP contribution in [0.4, 0.5) is 0 Å². The Hall–Kier alpha value is -2.55. The minimum Gasteiger partial charge on any atom is -0.497 e. The number of fused-ring (bicyclic) bond motifs is 2. The van der Waals surface area contributed by atoms with Crippen LogP contribution in [0.15, 0.2) is 48.5 Å². The minimum atomic E-state index is -0.328. The molecule has 100 valence electrons. The summed E-state index contributed by atoms with van der Waals surface area (Å²) < 4.78 is 10.7. The maximum atomic E-state index is 11.4. The van der Waals surface area contributed by atoms with Crippen LogP contribution in [-0.4, -0.2) is 13.1 Å². The van der Waals surface area contributed by atoms with Crippen molar-refractivity contribution in [1.82, 2.24) is 0 Å². The van der Waals surface area contributed by atoms with Crippen molar-refractivity contribution in [1.29, 1.82) is 0 Å². The van der Waals surface area contributed by atoms with Gasteiger partial charge in [0, 0.05) is 17.7 Å². The highest BCUT2D eigenvalue weighted by atomic mass is 16.5. The Labute approximate surface area is 116 Å². The van der Waals surface area contributed by atoms with E-state index in [2.05, 4.69) is 6.07 Å². The molecule has 3 rings (SSSR count). The average Bonchev–Trinajstić information content (AvgIpc) is 2.46. The second kappa shape index (κ2) is 4.85. The molecule has 0 saturated heterocycles. The molecule has 0 heterocycles. The quantitative estimate of drug-likeness (QED) is 0.400. The van der Waals surface area contributed by atoms with E-state index in [1.807, 2.05) is 42.5 Å². The third kappa shape index (κ3) is 2.07. The van der Waals surface area contributed by atoms with Crippen molar-refractivity contribution >= 4 is 27.5 Å². The fourth-order valence-corrected chi connectivity index (χ4v) is 2.38. The van der Waals surface area contributed by atoms with E-state index in [4.69, 9.17) is 9.47 Å². The first-order chi connectivity index (χ1) is 9.69. The van der Waals surface area contributed by atoms with Crippen molar-refractivity contribution in [2.24, 2.45) is 0 Å². The van der Waals surface area contributed by atoms with Crippen LogP contribution in [0.25, 0.3) is 21.5 Å². The molecule has 0 aliphatic carbocycles. The van der Waals surface area contributed by atoms with Crippen molar-refractivity contribution in [3.05, 3.63) is 48.5 Å². The first kappa shape index (κ1) is 12.5. The van der Waals surface area contributed by atoms with Crippen LogP contribution in [0, 0.1) is 0 Å².